The predicted octanol–water partition coefficient (Wildman–Crippen LogP) is 1.52. The summed E-state index contributed by atoms with van der Waals surface area (Å²) in [5.41, 5.74) is 0. The number of aromatic nitrogens is 2. The lowest BCUT2D eigenvalue weighted by atomic mass is 10.1. The van der Waals surface area contributed by atoms with Gasteiger partial charge in [-0.25, -0.2) is 8.42 Å². The molecule has 1 atom stereocenters. The van der Waals surface area contributed by atoms with Crippen molar-refractivity contribution in [1.29, 1.82) is 0 Å². The van der Waals surface area contributed by atoms with Crippen LogP contribution in [0.2, 0.25) is 0 Å². The molecule has 28 heavy (non-hydrogen) atoms. The average molecular weight is 408 g/mol. The molecular formula is C18H24N4O5S. The van der Waals surface area contributed by atoms with Crippen LogP contribution in [0.1, 0.15) is 20.3 Å². The van der Waals surface area contributed by atoms with E-state index in [1.807, 2.05) is 0 Å². The Bertz CT molecular complexity index is 955. The van der Waals surface area contributed by atoms with Crippen molar-refractivity contribution < 1.29 is 22.7 Å². The van der Waals surface area contributed by atoms with Crippen LogP contribution in [-0.4, -0.2) is 43.4 Å². The lowest BCUT2D eigenvalue weighted by Gasteiger charge is -2.21. The number of aryl methyl sites for hydroxylation is 1. The zero-order valence-corrected chi connectivity index (χ0v) is 16.8. The number of hydrogen-bond donors (Lipinski definition) is 2. The number of nitrogens with zero attached hydrogens (tertiary/aromatic N) is 2. The monoisotopic (exact) mass is 408 g/mol. The molecule has 0 bridgehead atoms. The Balaban J connectivity index is 1.80. The summed E-state index contributed by atoms with van der Waals surface area (Å²) >= 11 is 0. The van der Waals surface area contributed by atoms with E-state index in [1.165, 1.54) is 12.1 Å². The lowest BCUT2D eigenvalue weighted by molar-refractivity contribution is -0.118. The van der Waals surface area contributed by atoms with E-state index in [9.17, 15) is 13.2 Å². The van der Waals surface area contributed by atoms with E-state index in [-0.39, 0.29) is 10.8 Å². The molecule has 1 aromatic heterocycles. The Morgan fingerprint density at radius 2 is 1.89 bits per heavy atom. The maximum Gasteiger partial charge on any atom is 0.244 e. The van der Waals surface area contributed by atoms with Gasteiger partial charge < -0.3 is 14.8 Å². The van der Waals surface area contributed by atoms with E-state index in [0.29, 0.717) is 30.5 Å². The zero-order chi connectivity index (χ0) is 20.3. The Morgan fingerprint density at radius 3 is 2.54 bits per heavy atom. The van der Waals surface area contributed by atoms with E-state index in [0.717, 1.165) is 6.42 Å². The number of carbonyl (C=O) groups is 1. The number of fused-ring (bicyclic) bond motifs is 1. The van der Waals surface area contributed by atoms with Crippen LogP contribution in [-0.2, 0) is 21.9 Å². The fraction of sp³-hybridized carbons (Fsp3) is 0.444. The van der Waals surface area contributed by atoms with Gasteiger partial charge in [0, 0.05) is 31.8 Å². The molecule has 0 saturated carbocycles. The van der Waals surface area contributed by atoms with Crippen molar-refractivity contribution in [3.63, 3.8) is 0 Å². The maximum absolute atomic E-state index is 12.9. The molecule has 0 radical (unpaired) electrons. The third-order valence-electron chi connectivity index (χ3n) is 4.23. The molecule has 10 heteroatoms. The van der Waals surface area contributed by atoms with Gasteiger partial charge in [0.2, 0.25) is 15.9 Å². The number of anilines is 1. The van der Waals surface area contributed by atoms with Gasteiger partial charge >= 0.3 is 0 Å². The van der Waals surface area contributed by atoms with Crippen molar-refractivity contribution in [2.75, 3.05) is 18.5 Å². The van der Waals surface area contributed by atoms with Crippen LogP contribution in [0.5, 0.6) is 11.5 Å². The lowest BCUT2D eigenvalue weighted by Crippen LogP contribution is -2.47. The second kappa shape index (κ2) is 8.19. The maximum atomic E-state index is 12.9. The third-order valence-corrected chi connectivity index (χ3v) is 5.66. The van der Waals surface area contributed by atoms with Gasteiger partial charge in [-0.15, -0.1) is 0 Å². The Hall–Kier alpha value is -2.59. The number of carbonyl (C=O) groups excluding carboxylic acids is 1. The highest BCUT2D eigenvalue weighted by Gasteiger charge is 2.29. The topological polar surface area (TPSA) is 112 Å². The van der Waals surface area contributed by atoms with Crippen LogP contribution in [0.4, 0.5) is 5.82 Å². The number of rotatable bonds is 6. The van der Waals surface area contributed by atoms with E-state index in [2.05, 4.69) is 15.1 Å². The minimum atomic E-state index is -3.95. The number of hydrogen-bond acceptors (Lipinski definition) is 6. The average Bonchev–Trinajstić information content (AvgIpc) is 2.90. The van der Waals surface area contributed by atoms with Gasteiger partial charge in [0.05, 0.1) is 18.1 Å². The van der Waals surface area contributed by atoms with Gasteiger partial charge in [0.15, 0.2) is 17.3 Å². The summed E-state index contributed by atoms with van der Waals surface area (Å²) in [6, 6.07) is 5.07. The molecule has 1 amide bonds. The van der Waals surface area contributed by atoms with Crippen molar-refractivity contribution in [1.82, 2.24) is 14.5 Å². The van der Waals surface area contributed by atoms with Crippen LogP contribution >= 0.6 is 0 Å². The minimum Gasteiger partial charge on any atom is -0.490 e. The summed E-state index contributed by atoms with van der Waals surface area (Å²) in [5, 5.41) is 6.72. The van der Waals surface area contributed by atoms with Crippen molar-refractivity contribution in [3.05, 3.63) is 30.5 Å². The van der Waals surface area contributed by atoms with Gasteiger partial charge in [0.1, 0.15) is 6.04 Å². The number of amides is 1. The molecule has 9 nitrogen and oxygen atoms in total. The Morgan fingerprint density at radius 1 is 1.18 bits per heavy atom. The smallest absolute Gasteiger partial charge is 0.244 e. The minimum absolute atomic E-state index is 0.00744. The van der Waals surface area contributed by atoms with E-state index in [1.54, 1.807) is 43.9 Å². The first kappa shape index (κ1) is 20.2. The third kappa shape index (κ3) is 4.63. The van der Waals surface area contributed by atoms with Gasteiger partial charge in [-0.05, 0) is 18.1 Å². The molecule has 1 aromatic carbocycles. The molecule has 1 aliphatic rings. The number of ether oxygens (including phenoxy) is 2. The Kier molecular flexibility index (Phi) is 5.90. The highest BCUT2D eigenvalue weighted by molar-refractivity contribution is 7.89. The fourth-order valence-electron chi connectivity index (χ4n) is 2.72. The summed E-state index contributed by atoms with van der Waals surface area (Å²) in [6.45, 7) is 4.49. The molecule has 0 spiro atoms. The van der Waals surface area contributed by atoms with Gasteiger partial charge in [0.25, 0.3) is 0 Å². The normalized spacial score (nSPS) is 15.1. The second-order valence-electron chi connectivity index (χ2n) is 6.87. The molecule has 1 aliphatic heterocycles. The van der Waals surface area contributed by atoms with Gasteiger partial charge in [-0.2, -0.15) is 9.82 Å². The Labute approximate surface area is 164 Å². The molecule has 0 saturated heterocycles. The molecule has 2 aromatic rings. The summed E-state index contributed by atoms with van der Waals surface area (Å²) in [6.07, 6.45) is 2.40. The number of sulfonamides is 1. The summed E-state index contributed by atoms with van der Waals surface area (Å²) in [5.74, 6) is 0.475. The molecule has 152 valence electrons. The first-order chi connectivity index (χ1) is 13.3. The van der Waals surface area contributed by atoms with E-state index < -0.39 is 22.0 Å². The van der Waals surface area contributed by atoms with Crippen LogP contribution in [0.25, 0.3) is 0 Å². The van der Waals surface area contributed by atoms with Crippen LogP contribution in [0.15, 0.2) is 35.4 Å². The summed E-state index contributed by atoms with van der Waals surface area (Å²) in [4.78, 5) is 12.6. The van der Waals surface area contributed by atoms with Crippen molar-refractivity contribution >= 4 is 21.7 Å². The molecule has 2 heterocycles. The molecule has 1 unspecified atom stereocenters. The molecule has 2 N–H and O–H groups in total. The van der Waals surface area contributed by atoms with Crippen LogP contribution in [0, 0.1) is 5.92 Å². The quantitative estimate of drug-likeness (QED) is 0.750. The number of benzene rings is 1. The first-order valence-electron chi connectivity index (χ1n) is 8.99. The van der Waals surface area contributed by atoms with Crippen molar-refractivity contribution in [3.8, 4) is 11.5 Å². The first-order valence-corrected chi connectivity index (χ1v) is 10.5. The summed E-state index contributed by atoms with van der Waals surface area (Å²) < 4.78 is 40.9. The number of nitrogens with one attached hydrogen (secondary N) is 2. The van der Waals surface area contributed by atoms with E-state index >= 15 is 0 Å². The largest absolute Gasteiger partial charge is 0.490 e. The SMILES string of the molecule is CC(C)C(NS(=O)(=O)c1ccc2c(c1)OCCCO2)C(=O)Nc1ccn(C)n1. The highest BCUT2D eigenvalue weighted by atomic mass is 32.2. The standard InChI is InChI=1S/C18H24N4O5S/c1-12(2)17(18(23)19-16-7-8-22(3)20-16)21-28(24,25)13-5-6-14-15(11-13)27-10-4-9-26-14/h5-8,11-12,17,21H,4,9-10H2,1-3H3,(H,19,20,23). The van der Waals surface area contributed by atoms with Crippen molar-refractivity contribution in [2.45, 2.75) is 31.2 Å². The van der Waals surface area contributed by atoms with Gasteiger partial charge in [-0.3, -0.25) is 9.48 Å². The molecule has 3 rings (SSSR count). The predicted molar refractivity (Wildman–Crippen MR) is 103 cm³/mol. The van der Waals surface area contributed by atoms with Gasteiger partial charge in [-0.1, -0.05) is 13.8 Å². The van der Waals surface area contributed by atoms with Crippen LogP contribution in [0.3, 0.4) is 0 Å². The van der Waals surface area contributed by atoms with Crippen LogP contribution < -0.4 is 19.5 Å². The fourth-order valence-corrected chi connectivity index (χ4v) is 4.08. The zero-order valence-electron chi connectivity index (χ0n) is 16.0. The second-order valence-corrected chi connectivity index (χ2v) is 8.58. The summed E-state index contributed by atoms with van der Waals surface area (Å²) in [7, 11) is -2.23. The van der Waals surface area contributed by atoms with Crippen molar-refractivity contribution in [2.24, 2.45) is 13.0 Å². The van der Waals surface area contributed by atoms with E-state index in [4.69, 9.17) is 9.47 Å². The molecule has 0 aliphatic carbocycles. The highest BCUT2D eigenvalue weighted by Crippen LogP contribution is 2.32. The molecule has 0 fully saturated rings. The molecular weight excluding hydrogens is 384 g/mol.